The number of ether oxygens (including phenoxy) is 2. The molecular weight excluding hydrogens is 776 g/mol. The number of unbranched alkanes of at least 4 members (excludes halogenated alkanes) is 4. The maximum Gasteiger partial charge on any atom is 0.472 e. The molecule has 0 saturated heterocycles. The number of aliphatic hydroxyl groups excluding tert-OH is 2. The molecule has 3 N–H and O–H groups in total. The van der Waals surface area contributed by atoms with E-state index in [2.05, 4.69) is 148 Å². The highest BCUT2D eigenvalue weighted by Gasteiger charge is 2.26. The molecule has 0 heterocycles. The first-order valence-corrected chi connectivity index (χ1v) is 23.7. The van der Waals surface area contributed by atoms with Crippen LogP contribution in [0.15, 0.2) is 134 Å². The van der Waals surface area contributed by atoms with Crippen LogP contribution in [0.4, 0.5) is 0 Å². The van der Waals surface area contributed by atoms with Crippen LogP contribution in [0.1, 0.15) is 129 Å². The third-order valence-corrected chi connectivity index (χ3v) is 9.28. The van der Waals surface area contributed by atoms with E-state index in [1.165, 1.54) is 0 Å². The number of aliphatic hydroxyl groups is 2. The molecule has 10 heteroatoms. The Balaban J connectivity index is 4.38. The van der Waals surface area contributed by atoms with Crippen LogP contribution in [0.2, 0.25) is 0 Å². The van der Waals surface area contributed by atoms with Crippen molar-refractivity contribution in [1.29, 1.82) is 0 Å². The highest BCUT2D eigenvalue weighted by atomic mass is 31.2. The van der Waals surface area contributed by atoms with Crippen molar-refractivity contribution in [2.45, 2.75) is 142 Å². The van der Waals surface area contributed by atoms with Gasteiger partial charge in [0.25, 0.3) is 0 Å². The minimum absolute atomic E-state index is 0.0151. The number of rotatable bonds is 40. The van der Waals surface area contributed by atoms with Crippen LogP contribution >= 0.6 is 7.82 Å². The fourth-order valence-corrected chi connectivity index (χ4v) is 5.83. The van der Waals surface area contributed by atoms with Gasteiger partial charge in [0.1, 0.15) is 12.2 Å². The quantitative estimate of drug-likeness (QED) is 0.0238. The van der Waals surface area contributed by atoms with Gasteiger partial charge in [0.15, 0.2) is 0 Å². The molecule has 0 amide bonds. The molecular formula is C50H79O9P. The van der Waals surface area contributed by atoms with Crippen molar-refractivity contribution >= 4 is 13.8 Å². The second-order valence-corrected chi connectivity index (χ2v) is 15.4. The Morgan fingerprint density at radius 3 is 1.32 bits per heavy atom. The van der Waals surface area contributed by atoms with E-state index < -0.39 is 45.8 Å². The highest BCUT2D eigenvalue weighted by molar-refractivity contribution is 7.47. The average Bonchev–Trinajstić information content (AvgIpc) is 3.24. The van der Waals surface area contributed by atoms with Gasteiger partial charge in [-0.25, -0.2) is 4.57 Å². The predicted octanol–water partition coefficient (Wildman–Crippen LogP) is 12.6. The molecule has 338 valence electrons. The number of hydrogen-bond donors (Lipinski definition) is 3. The Morgan fingerprint density at radius 1 is 0.517 bits per heavy atom. The molecule has 0 saturated carbocycles. The molecule has 3 atom stereocenters. The number of allylic oxidation sites excluding steroid dienone is 22. The summed E-state index contributed by atoms with van der Waals surface area (Å²) in [6, 6.07) is 0. The number of carbonyl (C=O) groups is 1. The topological polar surface area (TPSA) is 132 Å². The van der Waals surface area contributed by atoms with Crippen molar-refractivity contribution in [3.63, 3.8) is 0 Å². The van der Waals surface area contributed by atoms with E-state index in [-0.39, 0.29) is 13.0 Å². The molecule has 0 aromatic carbocycles. The van der Waals surface area contributed by atoms with Gasteiger partial charge >= 0.3 is 13.8 Å². The Labute approximate surface area is 364 Å². The number of phosphoric acid groups is 1. The van der Waals surface area contributed by atoms with E-state index in [0.29, 0.717) is 13.0 Å². The van der Waals surface area contributed by atoms with E-state index in [1.54, 1.807) is 0 Å². The molecule has 0 fully saturated rings. The van der Waals surface area contributed by atoms with E-state index in [4.69, 9.17) is 23.6 Å². The molecule has 3 unspecified atom stereocenters. The number of hydrogen-bond acceptors (Lipinski definition) is 8. The fraction of sp³-hybridized carbons (Fsp3) is 0.540. The third kappa shape index (κ3) is 44.2. The van der Waals surface area contributed by atoms with Gasteiger partial charge in [0, 0.05) is 13.0 Å². The molecule has 0 aliphatic carbocycles. The monoisotopic (exact) mass is 855 g/mol. The van der Waals surface area contributed by atoms with Crippen molar-refractivity contribution in [3.8, 4) is 0 Å². The third-order valence-electron chi connectivity index (χ3n) is 8.33. The molecule has 0 aromatic rings. The summed E-state index contributed by atoms with van der Waals surface area (Å²) in [5.74, 6) is -0.440. The maximum absolute atomic E-state index is 12.6. The second-order valence-electron chi connectivity index (χ2n) is 13.9. The smallest absolute Gasteiger partial charge is 0.457 e. The minimum atomic E-state index is -4.56. The summed E-state index contributed by atoms with van der Waals surface area (Å²) in [6.07, 6.45) is 61.4. The van der Waals surface area contributed by atoms with Gasteiger partial charge in [-0.1, -0.05) is 154 Å². The first-order chi connectivity index (χ1) is 29.3. The van der Waals surface area contributed by atoms with Crippen LogP contribution in [-0.4, -0.2) is 66.3 Å². The van der Waals surface area contributed by atoms with Gasteiger partial charge in [-0.05, 0) is 103 Å². The Bertz CT molecular complexity index is 1380. The summed E-state index contributed by atoms with van der Waals surface area (Å²) < 4.78 is 33.3. The van der Waals surface area contributed by atoms with Gasteiger partial charge in [-0.15, -0.1) is 0 Å². The van der Waals surface area contributed by atoms with E-state index in [9.17, 15) is 19.4 Å². The summed E-state index contributed by atoms with van der Waals surface area (Å²) >= 11 is 0. The first-order valence-electron chi connectivity index (χ1n) is 22.2. The summed E-state index contributed by atoms with van der Waals surface area (Å²) in [5.41, 5.74) is 0. The zero-order chi connectivity index (χ0) is 43.9. The molecule has 0 rings (SSSR count). The lowest BCUT2D eigenvalue weighted by molar-refractivity contribution is -0.154. The maximum atomic E-state index is 12.6. The molecule has 60 heavy (non-hydrogen) atoms. The SMILES string of the molecule is CC/C=C\C/C=C\C/C=C\C/C=C\C/C=C\C/C=C\CCCOCC(COP(=O)(O)OCC(O)CO)OC(=O)CCCCC/C=C\C/C=C\C/C=C\C/C=C\C/C=C\CC. The van der Waals surface area contributed by atoms with Crippen LogP contribution in [0.5, 0.6) is 0 Å². The van der Waals surface area contributed by atoms with E-state index in [0.717, 1.165) is 103 Å². The molecule has 0 bridgehead atoms. The van der Waals surface area contributed by atoms with Gasteiger partial charge in [0.2, 0.25) is 0 Å². The van der Waals surface area contributed by atoms with Gasteiger partial charge in [-0.2, -0.15) is 0 Å². The molecule has 0 radical (unpaired) electrons. The minimum Gasteiger partial charge on any atom is -0.457 e. The zero-order valence-corrected chi connectivity index (χ0v) is 37.8. The second kappa shape index (κ2) is 45.1. The molecule has 0 aliphatic rings. The average molecular weight is 855 g/mol. The normalized spacial score (nSPS) is 15.2. The predicted molar refractivity (Wildman–Crippen MR) is 251 cm³/mol. The van der Waals surface area contributed by atoms with Crippen molar-refractivity contribution in [2.24, 2.45) is 0 Å². The van der Waals surface area contributed by atoms with Gasteiger partial charge in [-0.3, -0.25) is 13.8 Å². The highest BCUT2D eigenvalue weighted by Crippen LogP contribution is 2.43. The van der Waals surface area contributed by atoms with Crippen LogP contribution in [0.3, 0.4) is 0 Å². The molecule has 0 spiro atoms. The lowest BCUT2D eigenvalue weighted by atomic mass is 10.1. The van der Waals surface area contributed by atoms with Crippen molar-refractivity contribution in [1.82, 2.24) is 0 Å². The van der Waals surface area contributed by atoms with E-state index in [1.807, 2.05) is 0 Å². The number of phosphoric ester groups is 1. The zero-order valence-electron chi connectivity index (χ0n) is 36.9. The van der Waals surface area contributed by atoms with Crippen molar-refractivity contribution in [2.75, 3.05) is 33.0 Å². The van der Waals surface area contributed by atoms with Crippen molar-refractivity contribution < 1.29 is 43.0 Å². The summed E-state index contributed by atoms with van der Waals surface area (Å²) in [6.45, 7) is 3.04. The van der Waals surface area contributed by atoms with Crippen LogP contribution < -0.4 is 0 Å². The Hall–Kier alpha value is -3.40. The Kier molecular flexibility index (Phi) is 42.6. The van der Waals surface area contributed by atoms with Crippen LogP contribution in [0.25, 0.3) is 0 Å². The first kappa shape index (κ1) is 56.6. The standard InChI is InChI=1S/C50H79O9P/c1-3-5-7-9-11-13-15-17-19-21-23-25-27-29-31-33-35-37-39-41-43-56-46-49(47-58-60(54,55)57-45-48(52)44-51)59-50(53)42-40-38-36-34-32-30-28-26-24-22-20-18-16-14-12-10-8-6-4-2/h5-8,11-14,17-20,23-26,29-32,35,37,48-49,51-52H,3-4,9-10,15-16,21-22,27-28,33-34,36,38-47H2,1-2H3,(H,54,55)/b7-5-,8-6-,13-11-,14-12-,19-17-,20-18-,25-23-,26-24-,31-29-,32-30-,37-35-. The Morgan fingerprint density at radius 2 is 0.900 bits per heavy atom. The van der Waals surface area contributed by atoms with E-state index >= 15 is 0 Å². The number of esters is 1. The summed E-state index contributed by atoms with van der Waals surface area (Å²) in [5, 5.41) is 18.4. The van der Waals surface area contributed by atoms with Crippen LogP contribution in [-0.2, 0) is 27.9 Å². The van der Waals surface area contributed by atoms with Crippen molar-refractivity contribution in [3.05, 3.63) is 134 Å². The van der Waals surface area contributed by atoms with Crippen LogP contribution in [0, 0.1) is 0 Å². The molecule has 9 nitrogen and oxygen atoms in total. The summed E-state index contributed by atoms with van der Waals surface area (Å²) in [7, 11) is -4.56. The molecule has 0 aromatic heterocycles. The van der Waals surface area contributed by atoms with Gasteiger partial charge in [0.05, 0.1) is 26.4 Å². The molecule has 0 aliphatic heterocycles. The largest absolute Gasteiger partial charge is 0.472 e. The van der Waals surface area contributed by atoms with Gasteiger partial charge < -0.3 is 24.6 Å². The fourth-order valence-electron chi connectivity index (χ4n) is 5.04. The summed E-state index contributed by atoms with van der Waals surface area (Å²) in [4.78, 5) is 22.6. The number of carbonyl (C=O) groups excluding carboxylic acids is 1. The lowest BCUT2D eigenvalue weighted by Gasteiger charge is -2.20. The lowest BCUT2D eigenvalue weighted by Crippen LogP contribution is -2.29.